The van der Waals surface area contributed by atoms with E-state index in [1.54, 1.807) is 13.8 Å². The fourth-order valence-electron chi connectivity index (χ4n) is 4.94. The fraction of sp³-hybridized carbons (Fsp3) is 0.548. The number of likely N-dealkylation sites (N-methyl/N-ethyl adjacent to an activating group) is 1. The molecule has 1 saturated heterocycles. The Hall–Kier alpha value is -5.22. The first kappa shape index (κ1) is 39.0. The summed E-state index contributed by atoms with van der Waals surface area (Å²) in [6, 6.07) is 2.31. The third-order valence-corrected chi connectivity index (χ3v) is 7.49. The molecule has 1 fully saturated rings. The van der Waals surface area contributed by atoms with Crippen LogP contribution >= 0.6 is 0 Å². The topological polar surface area (TPSA) is 247 Å². The number of anilines is 1. The minimum absolute atomic E-state index is 0.0678. The second-order valence-electron chi connectivity index (χ2n) is 12.0. The average Bonchev–Trinajstić information content (AvgIpc) is 3.21. The molecule has 7 N–H and O–H groups in total. The van der Waals surface area contributed by atoms with Gasteiger partial charge in [0.2, 0.25) is 29.5 Å². The van der Waals surface area contributed by atoms with Crippen LogP contribution in [0.5, 0.6) is 5.75 Å². The summed E-state index contributed by atoms with van der Waals surface area (Å²) < 4.78 is 5.27. The lowest BCUT2D eigenvalue weighted by Gasteiger charge is -2.20. The van der Waals surface area contributed by atoms with Gasteiger partial charge in [0.05, 0.1) is 24.6 Å². The average molecular weight is 676 g/mol. The SMILES string of the molecule is COc1cc(NC(=O)C(CCCNC(N)=O)NC(=O)CNC(=O)CCCCCN2C(=O)CC(C)(C)C2=O)ccc1C(=O)N(C)CC(=O)O. The largest absolute Gasteiger partial charge is 0.496 e. The van der Waals surface area contributed by atoms with Crippen LogP contribution in [0.15, 0.2) is 18.2 Å². The lowest BCUT2D eigenvalue weighted by Crippen LogP contribution is -2.47. The molecule has 48 heavy (non-hydrogen) atoms. The number of imide groups is 1. The van der Waals surface area contributed by atoms with Gasteiger partial charge in [0.25, 0.3) is 5.91 Å². The number of urea groups is 1. The molecule has 0 bridgehead atoms. The zero-order valence-corrected chi connectivity index (χ0v) is 27.7. The number of carboxylic acid groups (broad SMARTS) is 1. The van der Waals surface area contributed by atoms with Crippen molar-refractivity contribution in [2.75, 3.05) is 45.7 Å². The van der Waals surface area contributed by atoms with Crippen molar-refractivity contribution >= 4 is 53.1 Å². The highest BCUT2D eigenvalue weighted by Gasteiger charge is 2.44. The van der Waals surface area contributed by atoms with Crippen LogP contribution in [0.4, 0.5) is 10.5 Å². The van der Waals surface area contributed by atoms with Gasteiger partial charge in [-0.1, -0.05) is 20.3 Å². The van der Waals surface area contributed by atoms with Crippen LogP contribution in [0.1, 0.15) is 69.2 Å². The standard InChI is InChI=1S/C31H45N7O10/c1-31(2)16-25(41)38(29(31)46)14-7-5-6-10-23(39)34-17-24(40)36-21(9-8-13-33-30(32)47)27(44)35-19-11-12-20(22(15-19)48-4)28(45)37(3)18-26(42)43/h11-12,15,21H,5-10,13-14,16-18H2,1-4H3,(H,34,39)(H,35,44)(H,36,40)(H,42,43)(H3,32,33,47). The molecule has 0 radical (unpaired) electrons. The molecular formula is C31H45N7O10. The Morgan fingerprint density at radius 3 is 2.35 bits per heavy atom. The summed E-state index contributed by atoms with van der Waals surface area (Å²) in [6.07, 6.45) is 2.30. The van der Waals surface area contributed by atoms with E-state index in [1.165, 1.54) is 37.3 Å². The van der Waals surface area contributed by atoms with E-state index < -0.39 is 54.3 Å². The number of carbonyl (C=O) groups is 8. The van der Waals surface area contributed by atoms with Crippen molar-refractivity contribution < 1.29 is 48.2 Å². The number of nitrogens with zero attached hydrogens (tertiary/aromatic N) is 2. The molecule has 17 heteroatoms. The molecule has 1 aliphatic heterocycles. The van der Waals surface area contributed by atoms with Crippen molar-refractivity contribution in [2.24, 2.45) is 11.1 Å². The van der Waals surface area contributed by atoms with Crippen molar-refractivity contribution in [3.63, 3.8) is 0 Å². The Kier molecular flexibility index (Phi) is 14.8. The number of hydrogen-bond acceptors (Lipinski definition) is 9. The lowest BCUT2D eigenvalue weighted by atomic mass is 9.92. The highest BCUT2D eigenvalue weighted by Crippen LogP contribution is 2.31. The number of nitrogens with two attached hydrogens (primary N) is 1. The lowest BCUT2D eigenvalue weighted by molar-refractivity contribution is -0.141. The van der Waals surface area contributed by atoms with Gasteiger partial charge in [0.15, 0.2) is 0 Å². The minimum atomic E-state index is -1.20. The molecule has 0 saturated carbocycles. The molecule has 0 aliphatic carbocycles. The molecule has 8 amide bonds. The number of likely N-dealkylation sites (tertiary alicyclic amines) is 1. The van der Waals surface area contributed by atoms with Crippen molar-refractivity contribution in [1.82, 2.24) is 25.8 Å². The Labute approximate surface area is 278 Å². The summed E-state index contributed by atoms with van der Waals surface area (Å²) in [6.45, 7) is 2.97. The Balaban J connectivity index is 1.91. The minimum Gasteiger partial charge on any atom is -0.496 e. The zero-order valence-electron chi connectivity index (χ0n) is 27.7. The van der Waals surface area contributed by atoms with Crippen LogP contribution < -0.4 is 31.7 Å². The number of unbranched alkanes of at least 4 members (excludes halogenated alkanes) is 2. The Bertz CT molecular complexity index is 1400. The first-order chi connectivity index (χ1) is 22.5. The molecule has 1 atom stereocenters. The predicted molar refractivity (Wildman–Crippen MR) is 172 cm³/mol. The number of carbonyl (C=O) groups excluding carboxylic acids is 7. The number of methoxy groups -OCH3 is 1. The van der Waals surface area contributed by atoms with Crippen LogP contribution in [-0.2, 0) is 28.8 Å². The van der Waals surface area contributed by atoms with Crippen LogP contribution in [0, 0.1) is 5.41 Å². The van der Waals surface area contributed by atoms with Crippen LogP contribution in [0.2, 0.25) is 0 Å². The summed E-state index contributed by atoms with van der Waals surface area (Å²) in [5.74, 6) is -3.78. The van der Waals surface area contributed by atoms with Gasteiger partial charge in [0, 0.05) is 44.7 Å². The number of amides is 8. The van der Waals surface area contributed by atoms with E-state index >= 15 is 0 Å². The molecule has 1 heterocycles. The summed E-state index contributed by atoms with van der Waals surface area (Å²) in [4.78, 5) is 99.5. The fourth-order valence-corrected chi connectivity index (χ4v) is 4.94. The molecular weight excluding hydrogens is 630 g/mol. The van der Waals surface area contributed by atoms with Crippen molar-refractivity contribution in [3.05, 3.63) is 23.8 Å². The normalized spacial score (nSPS) is 14.1. The number of primary amides is 1. The maximum Gasteiger partial charge on any atom is 0.323 e. The van der Waals surface area contributed by atoms with E-state index in [-0.39, 0.29) is 66.9 Å². The molecule has 2 rings (SSSR count). The number of ether oxygens (including phenoxy) is 1. The first-order valence-electron chi connectivity index (χ1n) is 15.5. The van der Waals surface area contributed by atoms with Gasteiger partial charge in [-0.15, -0.1) is 0 Å². The molecule has 17 nitrogen and oxygen atoms in total. The smallest absolute Gasteiger partial charge is 0.323 e. The number of hydrogen-bond donors (Lipinski definition) is 6. The molecule has 1 aliphatic rings. The summed E-state index contributed by atoms with van der Waals surface area (Å²) in [7, 11) is 2.62. The van der Waals surface area contributed by atoms with E-state index in [0.29, 0.717) is 25.8 Å². The van der Waals surface area contributed by atoms with Gasteiger partial charge in [-0.2, -0.15) is 0 Å². The van der Waals surface area contributed by atoms with E-state index in [2.05, 4.69) is 21.3 Å². The van der Waals surface area contributed by atoms with Gasteiger partial charge in [0.1, 0.15) is 18.3 Å². The highest BCUT2D eigenvalue weighted by molar-refractivity contribution is 6.05. The van der Waals surface area contributed by atoms with Gasteiger partial charge in [-0.3, -0.25) is 38.5 Å². The molecule has 1 aromatic rings. The Morgan fingerprint density at radius 2 is 1.75 bits per heavy atom. The van der Waals surface area contributed by atoms with E-state index in [0.717, 1.165) is 4.90 Å². The van der Waals surface area contributed by atoms with Gasteiger partial charge >= 0.3 is 12.0 Å². The predicted octanol–water partition coefficient (Wildman–Crippen LogP) is 0.185. The zero-order chi connectivity index (χ0) is 36.0. The third-order valence-electron chi connectivity index (χ3n) is 7.49. The number of carboxylic acids is 1. The third kappa shape index (κ3) is 12.2. The molecule has 1 aromatic carbocycles. The van der Waals surface area contributed by atoms with Crippen molar-refractivity contribution in [1.29, 1.82) is 0 Å². The summed E-state index contributed by atoms with van der Waals surface area (Å²) in [5, 5.41) is 19.1. The van der Waals surface area contributed by atoms with E-state index in [1.807, 2.05) is 0 Å². The summed E-state index contributed by atoms with van der Waals surface area (Å²) in [5.41, 5.74) is 4.68. The second kappa shape index (κ2) is 18.2. The molecule has 1 unspecified atom stereocenters. The first-order valence-corrected chi connectivity index (χ1v) is 15.5. The summed E-state index contributed by atoms with van der Waals surface area (Å²) >= 11 is 0. The molecule has 264 valence electrons. The monoisotopic (exact) mass is 675 g/mol. The number of aliphatic carboxylic acids is 1. The van der Waals surface area contributed by atoms with Gasteiger partial charge in [-0.25, -0.2) is 4.79 Å². The second-order valence-corrected chi connectivity index (χ2v) is 12.0. The van der Waals surface area contributed by atoms with Crippen LogP contribution in [-0.4, -0.2) is 109 Å². The quantitative estimate of drug-likeness (QED) is 0.0858. The van der Waals surface area contributed by atoms with Crippen molar-refractivity contribution in [3.8, 4) is 5.75 Å². The van der Waals surface area contributed by atoms with Crippen molar-refractivity contribution in [2.45, 2.75) is 64.8 Å². The van der Waals surface area contributed by atoms with Crippen LogP contribution in [0.25, 0.3) is 0 Å². The Morgan fingerprint density at radius 1 is 1.04 bits per heavy atom. The maximum atomic E-state index is 13.2. The number of benzene rings is 1. The highest BCUT2D eigenvalue weighted by atomic mass is 16.5. The van der Waals surface area contributed by atoms with Gasteiger partial charge in [-0.05, 0) is 37.8 Å². The number of nitrogens with one attached hydrogen (secondary N) is 4. The van der Waals surface area contributed by atoms with E-state index in [4.69, 9.17) is 15.6 Å². The number of rotatable bonds is 19. The van der Waals surface area contributed by atoms with E-state index in [9.17, 15) is 38.4 Å². The molecule has 0 spiro atoms. The van der Waals surface area contributed by atoms with Crippen LogP contribution in [0.3, 0.4) is 0 Å². The maximum absolute atomic E-state index is 13.2. The van der Waals surface area contributed by atoms with Gasteiger partial charge < -0.3 is 41.7 Å². The molecule has 0 aromatic heterocycles.